The van der Waals surface area contributed by atoms with Gasteiger partial charge in [-0.05, 0) is 72.6 Å². The molecule has 2 aliphatic heterocycles. The van der Waals surface area contributed by atoms with Crippen molar-refractivity contribution in [1.82, 2.24) is 0 Å². The smallest absolute Gasteiger partial charge is 0.316 e. The molecule has 2 aromatic carbocycles. The fraction of sp³-hybridized carbons (Fsp3) is 0.357. The van der Waals surface area contributed by atoms with E-state index in [9.17, 15) is 19.2 Å². The molecule has 2 saturated heterocycles. The van der Waals surface area contributed by atoms with Gasteiger partial charge in [-0.15, -0.1) is 0 Å². The molecular weight excluding hydrogens is 515 g/mol. The lowest BCUT2D eigenvalue weighted by atomic mass is 9.63. The number of halogens is 2. The first-order valence-corrected chi connectivity index (χ1v) is 13.2. The number of amides is 3. The molecule has 3 amide bonds. The number of rotatable bonds is 4. The average Bonchev–Trinajstić information content (AvgIpc) is 3.57. The van der Waals surface area contributed by atoms with Crippen LogP contribution in [0.4, 0.5) is 11.4 Å². The molecule has 7 nitrogen and oxygen atoms in total. The zero-order valence-corrected chi connectivity index (χ0v) is 21.1. The summed E-state index contributed by atoms with van der Waals surface area (Å²) in [5, 5.41) is 0.808. The summed E-state index contributed by atoms with van der Waals surface area (Å²) in [6, 6.07) is 11.2. The minimum atomic E-state index is -0.665. The maximum Gasteiger partial charge on any atom is 0.316 e. The van der Waals surface area contributed by atoms with Crippen LogP contribution in [-0.4, -0.2) is 30.2 Å². The fourth-order valence-electron chi connectivity index (χ4n) is 6.87. The number of imide groups is 1. The Kier molecular flexibility index (Phi) is 5.08. The zero-order chi connectivity index (χ0) is 25.6. The molecule has 2 saturated carbocycles. The maximum absolute atomic E-state index is 13.3. The van der Waals surface area contributed by atoms with Gasteiger partial charge in [0, 0.05) is 18.0 Å². The number of nitrogens with zero attached hydrogens (tertiary/aromatic N) is 2. The van der Waals surface area contributed by atoms with Crippen molar-refractivity contribution in [2.75, 3.05) is 16.3 Å². The van der Waals surface area contributed by atoms with Crippen LogP contribution in [0, 0.1) is 41.4 Å². The van der Waals surface area contributed by atoms with E-state index in [4.69, 9.17) is 27.9 Å². The topological polar surface area (TPSA) is 84.0 Å². The van der Waals surface area contributed by atoms with Gasteiger partial charge in [-0.1, -0.05) is 35.4 Å². The second-order valence-corrected chi connectivity index (χ2v) is 11.4. The molecular formula is C28H22Cl2N2O5. The number of benzene rings is 2. The highest BCUT2D eigenvalue weighted by Crippen LogP contribution is 2.65. The van der Waals surface area contributed by atoms with Crippen molar-refractivity contribution in [2.24, 2.45) is 41.4 Å². The number of carbonyl (C=O) groups excluding carboxylic acids is 4. The van der Waals surface area contributed by atoms with Crippen LogP contribution in [0.25, 0.3) is 0 Å². The molecule has 7 atom stereocenters. The minimum absolute atomic E-state index is 0.00231. The quantitative estimate of drug-likeness (QED) is 0.248. The van der Waals surface area contributed by atoms with Gasteiger partial charge in [0.25, 0.3) is 0 Å². The summed E-state index contributed by atoms with van der Waals surface area (Å²) in [5.41, 5.74) is 0.940. The van der Waals surface area contributed by atoms with E-state index < -0.39 is 11.9 Å². The van der Waals surface area contributed by atoms with Crippen molar-refractivity contribution in [3.05, 3.63) is 64.7 Å². The minimum Gasteiger partial charge on any atom is -0.426 e. The molecule has 0 radical (unpaired) electrons. The Bertz CT molecular complexity index is 1370. The molecule has 37 heavy (non-hydrogen) atoms. The highest BCUT2D eigenvalue weighted by molar-refractivity contribution is 6.36. The molecule has 2 bridgehead atoms. The summed E-state index contributed by atoms with van der Waals surface area (Å²) < 4.78 is 5.54. The monoisotopic (exact) mass is 536 g/mol. The van der Waals surface area contributed by atoms with Gasteiger partial charge in [-0.25, -0.2) is 0 Å². The summed E-state index contributed by atoms with van der Waals surface area (Å²) in [4.78, 5) is 54.8. The standard InChI is InChI=1S/C28H22Cl2N2O5/c29-14-1-8-21(30)22(10-14)31-12-13(9-23(31)33)28(36)37-16-4-2-15(3-5-16)32-26(34)24-17-6-7-18(20-11-19(17)20)25(24)27(32)35/h1-8,10,13,17-20,24-25H,9,11-12H2/t13-,17-,18-,19-,20+,24+,25+/m0/s1. The van der Waals surface area contributed by atoms with Crippen molar-refractivity contribution < 1.29 is 23.9 Å². The third-order valence-electron chi connectivity index (χ3n) is 8.63. The third-order valence-corrected chi connectivity index (χ3v) is 9.19. The van der Waals surface area contributed by atoms with Gasteiger partial charge in [0.2, 0.25) is 17.7 Å². The molecule has 0 aromatic heterocycles. The van der Waals surface area contributed by atoms with E-state index in [1.807, 2.05) is 0 Å². The van der Waals surface area contributed by atoms with Crippen molar-refractivity contribution in [3.63, 3.8) is 0 Å². The van der Waals surface area contributed by atoms with Crippen LogP contribution >= 0.6 is 23.2 Å². The van der Waals surface area contributed by atoms with Crippen LogP contribution in [0.2, 0.25) is 10.0 Å². The van der Waals surface area contributed by atoms with Gasteiger partial charge in [-0.2, -0.15) is 0 Å². The summed E-state index contributed by atoms with van der Waals surface area (Å²) >= 11 is 12.3. The number of anilines is 2. The first kappa shape index (κ1) is 23.0. The van der Waals surface area contributed by atoms with Crippen molar-refractivity contribution >= 4 is 58.3 Å². The van der Waals surface area contributed by atoms with E-state index in [1.54, 1.807) is 42.5 Å². The van der Waals surface area contributed by atoms with Crippen LogP contribution < -0.4 is 14.5 Å². The molecule has 0 unspecified atom stereocenters. The van der Waals surface area contributed by atoms with Gasteiger partial charge in [0.05, 0.1) is 34.2 Å². The summed E-state index contributed by atoms with van der Waals surface area (Å²) in [7, 11) is 0. The Morgan fingerprint density at radius 3 is 2.19 bits per heavy atom. The van der Waals surface area contributed by atoms with E-state index in [1.165, 1.54) is 9.80 Å². The molecule has 8 rings (SSSR count). The maximum atomic E-state index is 13.3. The fourth-order valence-corrected chi connectivity index (χ4v) is 7.25. The number of carbonyl (C=O) groups is 4. The molecule has 9 heteroatoms. The number of esters is 1. The highest BCUT2D eigenvalue weighted by Gasteiger charge is 2.67. The number of hydrogen-bond donors (Lipinski definition) is 0. The lowest BCUT2D eigenvalue weighted by molar-refractivity contribution is -0.139. The second-order valence-electron chi connectivity index (χ2n) is 10.6. The third kappa shape index (κ3) is 3.47. The average molecular weight is 537 g/mol. The second kappa shape index (κ2) is 8.17. The van der Waals surface area contributed by atoms with E-state index in [2.05, 4.69) is 12.2 Å². The SMILES string of the molecule is O=C(Oc1ccc(N2C(=O)[C@@H]3[C@H]4C=C[C@@H]([C@@H]5C[C@H]45)[C@H]3C2=O)cc1)[C@H]1CC(=O)N(c2cc(Cl)ccc2Cl)C1. The van der Waals surface area contributed by atoms with Crippen LogP contribution in [0.15, 0.2) is 54.6 Å². The van der Waals surface area contributed by atoms with E-state index in [-0.39, 0.29) is 60.1 Å². The lowest BCUT2D eigenvalue weighted by Crippen LogP contribution is -2.40. The normalized spacial score (nSPS) is 33.1. The molecule has 2 aromatic rings. The van der Waals surface area contributed by atoms with E-state index in [0.29, 0.717) is 33.3 Å². The predicted molar refractivity (Wildman–Crippen MR) is 136 cm³/mol. The Morgan fingerprint density at radius 1 is 0.892 bits per heavy atom. The van der Waals surface area contributed by atoms with Gasteiger partial charge >= 0.3 is 5.97 Å². The van der Waals surface area contributed by atoms with Gasteiger partial charge in [-0.3, -0.25) is 24.1 Å². The van der Waals surface area contributed by atoms with Gasteiger partial charge < -0.3 is 9.64 Å². The predicted octanol–water partition coefficient (Wildman–Crippen LogP) is 4.51. The molecule has 188 valence electrons. The molecule has 4 aliphatic carbocycles. The zero-order valence-electron chi connectivity index (χ0n) is 19.6. The number of ether oxygens (including phenoxy) is 1. The Morgan fingerprint density at radius 2 is 1.54 bits per heavy atom. The first-order valence-electron chi connectivity index (χ1n) is 12.4. The molecule has 2 heterocycles. The van der Waals surface area contributed by atoms with Gasteiger partial charge in [0.15, 0.2) is 0 Å². The first-order chi connectivity index (χ1) is 17.8. The summed E-state index contributed by atoms with van der Waals surface area (Å²) in [6.45, 7) is 0.133. The Balaban J connectivity index is 1.04. The number of allylic oxidation sites excluding steroid dienone is 2. The molecule has 0 spiro atoms. The van der Waals surface area contributed by atoms with Crippen LogP contribution in [0.5, 0.6) is 5.75 Å². The molecule has 0 N–H and O–H groups in total. The van der Waals surface area contributed by atoms with Crippen molar-refractivity contribution in [2.45, 2.75) is 12.8 Å². The van der Waals surface area contributed by atoms with E-state index in [0.717, 1.165) is 6.42 Å². The lowest BCUT2D eigenvalue weighted by Gasteiger charge is -2.37. The summed E-state index contributed by atoms with van der Waals surface area (Å²) in [6.07, 6.45) is 5.41. The van der Waals surface area contributed by atoms with Gasteiger partial charge in [0.1, 0.15) is 5.75 Å². The Hall–Kier alpha value is -3.16. The van der Waals surface area contributed by atoms with E-state index >= 15 is 0 Å². The molecule has 6 aliphatic rings. The van der Waals surface area contributed by atoms with Crippen molar-refractivity contribution in [1.29, 1.82) is 0 Å². The van der Waals surface area contributed by atoms with Crippen LogP contribution in [0.1, 0.15) is 12.8 Å². The Labute approximate surface area is 222 Å². The highest BCUT2D eigenvalue weighted by atomic mass is 35.5. The number of hydrogen-bond acceptors (Lipinski definition) is 5. The summed E-state index contributed by atoms with van der Waals surface area (Å²) in [5.74, 6) is -0.540. The van der Waals surface area contributed by atoms with Crippen LogP contribution in [0.3, 0.4) is 0 Å². The van der Waals surface area contributed by atoms with Crippen LogP contribution in [-0.2, 0) is 19.2 Å². The molecule has 4 fully saturated rings. The van der Waals surface area contributed by atoms with Crippen molar-refractivity contribution in [3.8, 4) is 5.75 Å². The largest absolute Gasteiger partial charge is 0.426 e.